The quantitative estimate of drug-likeness (QED) is 0.835. The summed E-state index contributed by atoms with van der Waals surface area (Å²) in [6.07, 6.45) is 5.04. The number of hydrogen-bond acceptors (Lipinski definition) is 4. The fourth-order valence-electron chi connectivity index (χ4n) is 3.58. The number of carbonyl (C=O) groups is 1. The van der Waals surface area contributed by atoms with Gasteiger partial charge >= 0.3 is 0 Å². The number of rotatable bonds is 4. The molecule has 1 atom stereocenters. The third kappa shape index (κ3) is 3.03. The second-order valence-electron chi connectivity index (χ2n) is 7.47. The van der Waals surface area contributed by atoms with Crippen LogP contribution in [0.3, 0.4) is 0 Å². The Morgan fingerprint density at radius 2 is 2.00 bits per heavy atom. The van der Waals surface area contributed by atoms with E-state index in [2.05, 4.69) is 5.32 Å². The minimum Gasteiger partial charge on any atom is -0.371 e. The van der Waals surface area contributed by atoms with Gasteiger partial charge in [0.1, 0.15) is 0 Å². The molecule has 0 aromatic rings. The van der Waals surface area contributed by atoms with Gasteiger partial charge < -0.3 is 10.1 Å². The lowest BCUT2D eigenvalue weighted by Crippen LogP contribution is -2.49. The average Bonchev–Trinajstić information content (AvgIpc) is 3.13. The zero-order valence-electron chi connectivity index (χ0n) is 13.4. The molecule has 6 nitrogen and oxygen atoms in total. The van der Waals surface area contributed by atoms with E-state index in [4.69, 9.17) is 4.74 Å². The van der Waals surface area contributed by atoms with Crippen LogP contribution in [0.5, 0.6) is 0 Å². The first-order valence-electron chi connectivity index (χ1n) is 8.18. The van der Waals surface area contributed by atoms with E-state index < -0.39 is 14.8 Å². The van der Waals surface area contributed by atoms with E-state index in [1.165, 1.54) is 4.31 Å². The maximum Gasteiger partial charge on any atom is 0.235 e. The molecule has 3 rings (SSSR count). The molecule has 1 N–H and O–H groups in total. The molecule has 0 radical (unpaired) electrons. The van der Waals surface area contributed by atoms with Crippen molar-refractivity contribution in [2.75, 3.05) is 19.6 Å². The van der Waals surface area contributed by atoms with E-state index >= 15 is 0 Å². The van der Waals surface area contributed by atoms with Gasteiger partial charge in [-0.3, -0.25) is 4.79 Å². The monoisotopic (exact) mass is 330 g/mol. The van der Waals surface area contributed by atoms with Crippen molar-refractivity contribution in [1.82, 2.24) is 9.62 Å². The molecule has 22 heavy (non-hydrogen) atoms. The predicted molar refractivity (Wildman–Crippen MR) is 82.9 cm³/mol. The van der Waals surface area contributed by atoms with E-state index in [1.807, 2.05) is 13.8 Å². The molecule has 126 valence electrons. The van der Waals surface area contributed by atoms with Crippen molar-refractivity contribution < 1.29 is 17.9 Å². The molecule has 2 aliphatic heterocycles. The summed E-state index contributed by atoms with van der Waals surface area (Å²) < 4.78 is 31.7. The van der Waals surface area contributed by atoms with Crippen LogP contribution in [0.2, 0.25) is 0 Å². The van der Waals surface area contributed by atoms with Gasteiger partial charge in [-0.2, -0.15) is 4.31 Å². The summed E-state index contributed by atoms with van der Waals surface area (Å²) in [5.74, 6) is -0.227. The molecule has 1 unspecified atom stereocenters. The Labute approximate surface area is 132 Å². The van der Waals surface area contributed by atoms with Gasteiger partial charge in [0.15, 0.2) is 0 Å². The minimum atomic E-state index is -3.30. The molecule has 1 aliphatic carbocycles. The number of carbonyl (C=O) groups excluding carboxylic acids is 1. The summed E-state index contributed by atoms with van der Waals surface area (Å²) in [6, 6.07) is 0. The Balaban J connectivity index is 1.50. The summed E-state index contributed by atoms with van der Waals surface area (Å²) in [7, 11) is -3.30. The smallest absolute Gasteiger partial charge is 0.235 e. The van der Waals surface area contributed by atoms with E-state index in [0.717, 1.165) is 38.5 Å². The standard InChI is InChI=1S/C15H26N2O4S/c1-14(2)6-4-12(21-14)10-16-13(18)11-17-9-3-5-15(7-8-15)22(17,19)20/h12H,3-11H2,1-2H3,(H,16,18). The van der Waals surface area contributed by atoms with Crippen LogP contribution < -0.4 is 5.32 Å². The topological polar surface area (TPSA) is 75.7 Å². The van der Waals surface area contributed by atoms with E-state index in [9.17, 15) is 13.2 Å². The zero-order valence-corrected chi connectivity index (χ0v) is 14.2. The van der Waals surface area contributed by atoms with Gasteiger partial charge in [-0.05, 0) is 52.4 Å². The number of ether oxygens (including phenoxy) is 1. The first-order valence-corrected chi connectivity index (χ1v) is 9.62. The third-order valence-corrected chi connectivity index (χ3v) is 7.83. The highest BCUT2D eigenvalue weighted by Gasteiger charge is 2.58. The van der Waals surface area contributed by atoms with Gasteiger partial charge in [0, 0.05) is 13.1 Å². The number of sulfonamides is 1. The molecule has 3 aliphatic rings. The second kappa shape index (κ2) is 5.46. The van der Waals surface area contributed by atoms with Crippen molar-refractivity contribution in [2.45, 2.75) is 68.8 Å². The van der Waals surface area contributed by atoms with Gasteiger partial charge in [0.2, 0.25) is 15.9 Å². The fourth-order valence-corrected chi connectivity index (χ4v) is 5.80. The molecule has 1 saturated carbocycles. The van der Waals surface area contributed by atoms with Crippen molar-refractivity contribution in [3.63, 3.8) is 0 Å². The highest BCUT2D eigenvalue weighted by molar-refractivity contribution is 7.90. The van der Waals surface area contributed by atoms with Crippen LogP contribution in [0.1, 0.15) is 52.4 Å². The van der Waals surface area contributed by atoms with Crippen LogP contribution in [-0.2, 0) is 19.6 Å². The maximum absolute atomic E-state index is 12.5. The molecule has 0 bridgehead atoms. The molecule has 1 spiro atoms. The highest BCUT2D eigenvalue weighted by atomic mass is 32.2. The summed E-state index contributed by atoms with van der Waals surface area (Å²) in [5.41, 5.74) is -0.121. The molecular weight excluding hydrogens is 304 g/mol. The summed E-state index contributed by atoms with van der Waals surface area (Å²) in [6.45, 7) is 4.96. The van der Waals surface area contributed by atoms with Gasteiger partial charge in [-0.25, -0.2) is 8.42 Å². The fraction of sp³-hybridized carbons (Fsp3) is 0.933. The average molecular weight is 330 g/mol. The molecule has 2 saturated heterocycles. The molecule has 0 aromatic carbocycles. The van der Waals surface area contributed by atoms with Crippen LogP contribution in [0.4, 0.5) is 0 Å². The normalized spacial score (nSPS) is 32.0. The zero-order chi connectivity index (χ0) is 16.0. The van der Waals surface area contributed by atoms with Crippen LogP contribution in [-0.4, -0.2) is 54.7 Å². The largest absolute Gasteiger partial charge is 0.371 e. The number of amides is 1. The van der Waals surface area contributed by atoms with Crippen LogP contribution >= 0.6 is 0 Å². The molecular formula is C15H26N2O4S. The SMILES string of the molecule is CC1(C)CCC(CNC(=O)CN2CCCC3(CC3)S2(=O)=O)O1. The molecule has 2 heterocycles. The highest BCUT2D eigenvalue weighted by Crippen LogP contribution is 2.50. The molecule has 3 fully saturated rings. The van der Waals surface area contributed by atoms with Crippen LogP contribution in [0.25, 0.3) is 0 Å². The molecule has 0 aromatic heterocycles. The van der Waals surface area contributed by atoms with Crippen molar-refractivity contribution in [3.05, 3.63) is 0 Å². The maximum atomic E-state index is 12.5. The summed E-state index contributed by atoms with van der Waals surface area (Å²) in [4.78, 5) is 12.1. The minimum absolute atomic E-state index is 0.0340. The van der Waals surface area contributed by atoms with E-state index in [1.54, 1.807) is 0 Å². The first-order chi connectivity index (χ1) is 10.2. The van der Waals surface area contributed by atoms with Crippen molar-refractivity contribution in [3.8, 4) is 0 Å². The second-order valence-corrected chi connectivity index (χ2v) is 9.80. The van der Waals surface area contributed by atoms with Gasteiger partial charge in [0.25, 0.3) is 0 Å². The molecule has 7 heteroatoms. The van der Waals surface area contributed by atoms with E-state index in [0.29, 0.717) is 13.1 Å². The lowest BCUT2D eigenvalue weighted by molar-refractivity contribution is -0.122. The molecule has 1 amide bonds. The number of nitrogens with zero attached hydrogens (tertiary/aromatic N) is 1. The van der Waals surface area contributed by atoms with Crippen LogP contribution in [0, 0.1) is 0 Å². The summed E-state index contributed by atoms with van der Waals surface area (Å²) in [5, 5.41) is 2.83. The van der Waals surface area contributed by atoms with Crippen molar-refractivity contribution in [2.24, 2.45) is 0 Å². The predicted octanol–water partition coefficient (Wildman–Crippen LogP) is 1.02. The Morgan fingerprint density at radius 1 is 1.27 bits per heavy atom. The number of nitrogens with one attached hydrogen (secondary N) is 1. The van der Waals surface area contributed by atoms with Crippen molar-refractivity contribution in [1.29, 1.82) is 0 Å². The lowest BCUT2D eigenvalue weighted by atomic mass is 10.1. The Bertz CT molecular complexity index is 554. The first kappa shape index (κ1) is 16.2. The Kier molecular flexibility index (Phi) is 4.02. The van der Waals surface area contributed by atoms with E-state index in [-0.39, 0.29) is 24.2 Å². The van der Waals surface area contributed by atoms with Gasteiger partial charge in [-0.15, -0.1) is 0 Å². The van der Waals surface area contributed by atoms with Crippen LogP contribution in [0.15, 0.2) is 0 Å². The lowest BCUT2D eigenvalue weighted by Gasteiger charge is -2.32. The third-order valence-electron chi connectivity index (χ3n) is 5.14. The Hall–Kier alpha value is -0.660. The van der Waals surface area contributed by atoms with Gasteiger partial charge in [-0.1, -0.05) is 0 Å². The number of hydrogen-bond donors (Lipinski definition) is 1. The summed E-state index contributed by atoms with van der Waals surface area (Å²) >= 11 is 0. The van der Waals surface area contributed by atoms with Crippen molar-refractivity contribution >= 4 is 15.9 Å². The van der Waals surface area contributed by atoms with Gasteiger partial charge in [0.05, 0.1) is 23.0 Å². The Morgan fingerprint density at radius 3 is 2.59 bits per heavy atom.